The van der Waals surface area contributed by atoms with Crippen LogP contribution in [0.1, 0.15) is 57.3 Å². The zero-order chi connectivity index (χ0) is 31.0. The monoisotopic (exact) mass is 636 g/mol. The van der Waals surface area contributed by atoms with Gasteiger partial charge < -0.3 is 29.3 Å². The molecule has 1 aromatic heterocycles. The maximum Gasteiger partial charge on any atom is 0.410 e. The van der Waals surface area contributed by atoms with Crippen LogP contribution in [0, 0.1) is 0 Å². The third-order valence-corrected chi connectivity index (χ3v) is 10.6. The highest BCUT2D eigenvalue weighted by molar-refractivity contribution is 7.89. The first-order chi connectivity index (χ1) is 20.7. The van der Waals surface area contributed by atoms with Crippen LogP contribution in [-0.4, -0.2) is 107 Å². The molecule has 0 bridgehead atoms. The van der Waals surface area contributed by atoms with Crippen LogP contribution < -0.4 is 5.32 Å². The lowest BCUT2D eigenvalue weighted by Crippen LogP contribution is -2.38. The van der Waals surface area contributed by atoms with E-state index in [-0.39, 0.29) is 49.3 Å². The minimum Gasteiger partial charge on any atom is -0.450 e. The number of rotatable bonds is 12. The van der Waals surface area contributed by atoms with Gasteiger partial charge in [0.05, 0.1) is 36.8 Å². The van der Waals surface area contributed by atoms with Gasteiger partial charge in [-0.2, -0.15) is 4.31 Å². The summed E-state index contributed by atoms with van der Waals surface area (Å²) >= 11 is 1.29. The number of hydrogen-bond acceptors (Lipinski definition) is 9. The van der Waals surface area contributed by atoms with Crippen molar-refractivity contribution in [3.8, 4) is 0 Å². The highest BCUT2D eigenvalue weighted by Gasteiger charge is 2.33. The predicted octanol–water partition coefficient (Wildman–Crippen LogP) is 3.42. The Kier molecular flexibility index (Phi) is 11.5. The number of sulfonamides is 1. The van der Waals surface area contributed by atoms with E-state index < -0.39 is 22.0 Å². The van der Waals surface area contributed by atoms with Crippen molar-refractivity contribution in [3.05, 3.63) is 45.8 Å². The van der Waals surface area contributed by atoms with E-state index in [9.17, 15) is 22.8 Å². The van der Waals surface area contributed by atoms with Gasteiger partial charge in [0, 0.05) is 57.4 Å². The van der Waals surface area contributed by atoms with Crippen molar-refractivity contribution in [3.63, 3.8) is 0 Å². The molecule has 0 aliphatic carbocycles. The number of methoxy groups -OCH3 is 2. The molecule has 1 aromatic carbocycles. The van der Waals surface area contributed by atoms with Crippen molar-refractivity contribution in [1.82, 2.24) is 14.1 Å². The van der Waals surface area contributed by atoms with Crippen molar-refractivity contribution in [2.75, 3.05) is 72.1 Å². The first kappa shape index (κ1) is 32.9. The van der Waals surface area contributed by atoms with E-state index in [1.54, 1.807) is 11.8 Å². The van der Waals surface area contributed by atoms with Crippen LogP contribution >= 0.6 is 11.3 Å². The van der Waals surface area contributed by atoms with Crippen LogP contribution in [0.25, 0.3) is 0 Å². The largest absolute Gasteiger partial charge is 0.450 e. The van der Waals surface area contributed by atoms with Crippen molar-refractivity contribution in [2.45, 2.75) is 44.0 Å². The number of nitrogens with one attached hydrogen (secondary N) is 1. The zero-order valence-corrected chi connectivity index (χ0v) is 26.6. The smallest absolute Gasteiger partial charge is 0.410 e. The van der Waals surface area contributed by atoms with Gasteiger partial charge in [0.2, 0.25) is 10.0 Å². The van der Waals surface area contributed by atoms with Gasteiger partial charge in [0.1, 0.15) is 5.00 Å². The molecule has 0 saturated carbocycles. The van der Waals surface area contributed by atoms with Crippen LogP contribution in [0.15, 0.2) is 29.2 Å². The molecule has 43 heavy (non-hydrogen) atoms. The molecular formula is C29H40N4O8S2. The molecule has 3 heterocycles. The first-order valence-corrected chi connectivity index (χ1v) is 16.7. The number of benzene rings is 1. The number of piperidine rings is 1. The normalized spacial score (nSPS) is 15.3. The molecule has 12 nitrogen and oxygen atoms in total. The molecule has 0 atom stereocenters. The van der Waals surface area contributed by atoms with Crippen molar-refractivity contribution in [2.24, 2.45) is 0 Å². The molecule has 2 aromatic rings. The van der Waals surface area contributed by atoms with Crippen LogP contribution in [0.4, 0.5) is 9.80 Å². The van der Waals surface area contributed by atoms with E-state index in [2.05, 4.69) is 5.32 Å². The minimum atomic E-state index is -3.84. The molecular weight excluding hydrogens is 596 g/mol. The molecule has 4 rings (SSSR count). The van der Waals surface area contributed by atoms with Gasteiger partial charge >= 0.3 is 6.09 Å². The van der Waals surface area contributed by atoms with Crippen molar-refractivity contribution < 1.29 is 37.0 Å². The molecule has 0 radical (unpaired) electrons. The lowest BCUT2D eigenvalue weighted by Gasteiger charge is -2.29. The van der Waals surface area contributed by atoms with Gasteiger partial charge in [-0.05, 0) is 62.4 Å². The number of carbonyl (C=O) groups is 3. The van der Waals surface area contributed by atoms with E-state index in [1.165, 1.54) is 54.1 Å². The number of ether oxygens (including phenoxy) is 3. The Bertz CT molecular complexity index is 1380. The molecule has 2 aliphatic rings. The van der Waals surface area contributed by atoms with E-state index >= 15 is 0 Å². The molecule has 2 aliphatic heterocycles. The SMILES string of the molecule is CCOC(=O)N1CCc2c(sc(NC(=O)c3ccc(S(=O)(=O)N(CCOC)CCOC)cc3)c2C(=O)N2CCCCC2)C1. The van der Waals surface area contributed by atoms with E-state index in [0.29, 0.717) is 43.2 Å². The summed E-state index contributed by atoms with van der Waals surface area (Å²) in [6.45, 7) is 4.83. The lowest BCUT2D eigenvalue weighted by molar-refractivity contribution is 0.0724. The van der Waals surface area contributed by atoms with Crippen LogP contribution in [-0.2, 0) is 37.2 Å². The fourth-order valence-corrected chi connectivity index (χ4v) is 7.84. The molecule has 236 valence electrons. The predicted molar refractivity (Wildman–Crippen MR) is 162 cm³/mol. The highest BCUT2D eigenvalue weighted by atomic mass is 32.2. The second-order valence-electron chi connectivity index (χ2n) is 10.3. The van der Waals surface area contributed by atoms with Gasteiger partial charge in [-0.3, -0.25) is 9.59 Å². The third-order valence-electron chi connectivity index (χ3n) is 7.51. The summed E-state index contributed by atoms with van der Waals surface area (Å²) in [5, 5.41) is 3.34. The van der Waals surface area contributed by atoms with Crippen LogP contribution in [0.2, 0.25) is 0 Å². The Labute approximate surface area is 256 Å². The summed E-state index contributed by atoms with van der Waals surface area (Å²) in [6.07, 6.45) is 3.00. The summed E-state index contributed by atoms with van der Waals surface area (Å²) in [5.41, 5.74) is 1.57. The van der Waals surface area contributed by atoms with Crippen molar-refractivity contribution >= 4 is 44.3 Å². The summed E-state index contributed by atoms with van der Waals surface area (Å²) in [4.78, 5) is 43.9. The number of carbonyl (C=O) groups excluding carboxylic acids is 3. The van der Waals surface area contributed by atoms with Crippen LogP contribution in [0.5, 0.6) is 0 Å². The van der Waals surface area contributed by atoms with Gasteiger partial charge in [-0.1, -0.05) is 0 Å². The van der Waals surface area contributed by atoms with E-state index in [4.69, 9.17) is 14.2 Å². The average molecular weight is 637 g/mol. The standard InChI is InChI=1S/C29H40N4O8S2/c1-4-41-29(36)32-15-12-23-24(20-32)42-27(25(23)28(35)31-13-6-5-7-14-31)30-26(34)21-8-10-22(11-9-21)43(37,38)33(16-18-39-2)17-19-40-3/h8-11H,4-7,12-20H2,1-3H3,(H,30,34). The molecule has 0 unspecified atom stereocenters. The molecule has 1 saturated heterocycles. The molecule has 1 fully saturated rings. The first-order valence-electron chi connectivity index (χ1n) is 14.5. The number of nitrogens with zero attached hydrogens (tertiary/aromatic N) is 3. The number of likely N-dealkylation sites (tertiary alicyclic amines) is 1. The Morgan fingerprint density at radius 2 is 1.60 bits per heavy atom. The number of anilines is 1. The summed E-state index contributed by atoms with van der Waals surface area (Å²) in [7, 11) is -0.844. The number of hydrogen-bond donors (Lipinski definition) is 1. The lowest BCUT2D eigenvalue weighted by atomic mass is 10.0. The summed E-state index contributed by atoms with van der Waals surface area (Å²) < 4.78 is 43.1. The molecule has 3 amide bonds. The number of thiophene rings is 1. The Hall–Kier alpha value is -3.04. The van der Waals surface area contributed by atoms with Gasteiger partial charge in [0.25, 0.3) is 11.8 Å². The summed E-state index contributed by atoms with van der Waals surface area (Å²) in [5.74, 6) is -0.584. The second kappa shape index (κ2) is 15.1. The molecule has 0 spiro atoms. The maximum atomic E-state index is 13.7. The Balaban J connectivity index is 1.58. The fourth-order valence-electron chi connectivity index (χ4n) is 5.18. The topological polar surface area (TPSA) is 135 Å². The zero-order valence-electron chi connectivity index (χ0n) is 24.9. The minimum absolute atomic E-state index is 0.0443. The summed E-state index contributed by atoms with van der Waals surface area (Å²) in [6, 6.07) is 5.70. The second-order valence-corrected chi connectivity index (χ2v) is 13.3. The molecule has 1 N–H and O–H groups in total. The van der Waals surface area contributed by atoms with Gasteiger partial charge in [-0.25, -0.2) is 13.2 Å². The van der Waals surface area contributed by atoms with Crippen LogP contribution in [0.3, 0.4) is 0 Å². The third kappa shape index (κ3) is 7.73. The highest BCUT2D eigenvalue weighted by Crippen LogP contribution is 2.39. The maximum absolute atomic E-state index is 13.7. The Morgan fingerprint density at radius 1 is 0.953 bits per heavy atom. The fraction of sp³-hybridized carbons (Fsp3) is 0.552. The van der Waals surface area contributed by atoms with Gasteiger partial charge in [-0.15, -0.1) is 11.3 Å². The quantitative estimate of drug-likeness (QED) is 0.375. The number of fused-ring (bicyclic) bond motifs is 1. The molecule has 14 heteroatoms. The average Bonchev–Trinajstić information content (AvgIpc) is 3.38. The van der Waals surface area contributed by atoms with E-state index in [0.717, 1.165) is 29.7 Å². The number of amides is 3. The van der Waals surface area contributed by atoms with Crippen molar-refractivity contribution in [1.29, 1.82) is 0 Å². The Morgan fingerprint density at radius 3 is 2.21 bits per heavy atom. The van der Waals surface area contributed by atoms with E-state index in [1.807, 2.05) is 4.90 Å². The van der Waals surface area contributed by atoms with Gasteiger partial charge in [0.15, 0.2) is 0 Å².